The third-order valence-corrected chi connectivity index (χ3v) is 2.85. The van der Waals surface area contributed by atoms with Crippen molar-refractivity contribution in [2.45, 2.75) is 6.92 Å². The van der Waals surface area contributed by atoms with E-state index in [-0.39, 0.29) is 21.9 Å². The fourth-order valence-corrected chi connectivity index (χ4v) is 1.83. The summed E-state index contributed by atoms with van der Waals surface area (Å²) in [6.07, 6.45) is 1.23. The van der Waals surface area contributed by atoms with E-state index in [2.05, 4.69) is 15.3 Å². The number of rotatable bonds is 2. The first kappa shape index (κ1) is 12.8. The number of carbonyl (C=O) groups is 1. The second kappa shape index (κ2) is 5.33. The summed E-state index contributed by atoms with van der Waals surface area (Å²) in [4.78, 5) is 19.5. The van der Waals surface area contributed by atoms with Gasteiger partial charge in [-0.15, -0.1) is 0 Å². The maximum absolute atomic E-state index is 12.0. The molecule has 18 heavy (non-hydrogen) atoms. The smallest absolute Gasteiger partial charge is 0.255 e. The van der Waals surface area contributed by atoms with E-state index in [0.717, 1.165) is 5.56 Å². The lowest BCUT2D eigenvalue weighted by molar-refractivity contribution is 0.102. The average molecular weight is 282 g/mol. The minimum absolute atomic E-state index is 0.107. The normalized spacial score (nSPS) is 10.2. The quantitative estimate of drug-likeness (QED) is 0.859. The van der Waals surface area contributed by atoms with Crippen LogP contribution in [0.1, 0.15) is 15.9 Å². The highest BCUT2D eigenvalue weighted by atomic mass is 35.5. The van der Waals surface area contributed by atoms with Gasteiger partial charge < -0.3 is 5.32 Å². The Kier molecular flexibility index (Phi) is 3.79. The SMILES string of the molecule is Cc1cccc(C(=O)Nc2c(Cl)ncnc2Cl)c1. The fourth-order valence-electron chi connectivity index (χ4n) is 1.42. The van der Waals surface area contributed by atoms with Gasteiger partial charge in [-0.05, 0) is 19.1 Å². The highest BCUT2D eigenvalue weighted by Crippen LogP contribution is 2.26. The highest BCUT2D eigenvalue weighted by Gasteiger charge is 2.13. The lowest BCUT2D eigenvalue weighted by atomic mass is 10.1. The Bertz CT molecular complexity index is 581. The number of amides is 1. The van der Waals surface area contributed by atoms with Gasteiger partial charge in [0.05, 0.1) is 0 Å². The summed E-state index contributed by atoms with van der Waals surface area (Å²) < 4.78 is 0. The maximum atomic E-state index is 12.0. The van der Waals surface area contributed by atoms with Crippen LogP contribution < -0.4 is 5.32 Å². The number of hydrogen-bond acceptors (Lipinski definition) is 3. The zero-order valence-electron chi connectivity index (χ0n) is 9.45. The molecule has 0 fully saturated rings. The molecule has 2 aromatic rings. The molecule has 1 amide bonds. The van der Waals surface area contributed by atoms with Gasteiger partial charge in [0.15, 0.2) is 10.3 Å². The second-order valence-electron chi connectivity index (χ2n) is 3.65. The van der Waals surface area contributed by atoms with Crippen molar-refractivity contribution in [3.8, 4) is 0 Å². The fraction of sp³-hybridized carbons (Fsp3) is 0.0833. The number of nitrogens with one attached hydrogen (secondary N) is 1. The summed E-state index contributed by atoms with van der Waals surface area (Å²) in [5.74, 6) is -0.308. The topological polar surface area (TPSA) is 54.9 Å². The zero-order valence-corrected chi connectivity index (χ0v) is 11.0. The van der Waals surface area contributed by atoms with Crippen LogP contribution in [0.4, 0.5) is 5.69 Å². The van der Waals surface area contributed by atoms with Crippen molar-refractivity contribution in [2.24, 2.45) is 0 Å². The maximum Gasteiger partial charge on any atom is 0.255 e. The molecule has 0 spiro atoms. The lowest BCUT2D eigenvalue weighted by Gasteiger charge is -2.07. The Hall–Kier alpha value is -1.65. The molecule has 0 aliphatic rings. The van der Waals surface area contributed by atoms with Crippen LogP contribution in [0, 0.1) is 6.92 Å². The van der Waals surface area contributed by atoms with Crippen LogP contribution in [-0.2, 0) is 0 Å². The molecule has 1 N–H and O–H groups in total. The Morgan fingerprint density at radius 2 is 1.89 bits per heavy atom. The van der Waals surface area contributed by atoms with E-state index < -0.39 is 0 Å². The molecule has 1 aromatic heterocycles. The van der Waals surface area contributed by atoms with Gasteiger partial charge in [-0.1, -0.05) is 40.9 Å². The number of halogens is 2. The standard InChI is InChI=1S/C12H9Cl2N3O/c1-7-3-2-4-8(5-7)12(18)17-9-10(13)15-6-16-11(9)14/h2-6H,1H3,(H,17,18). The summed E-state index contributed by atoms with van der Waals surface area (Å²) in [5, 5.41) is 2.81. The van der Waals surface area contributed by atoms with E-state index in [9.17, 15) is 4.79 Å². The summed E-state index contributed by atoms with van der Waals surface area (Å²) in [6, 6.07) is 7.17. The Balaban J connectivity index is 2.27. The number of benzene rings is 1. The number of anilines is 1. The highest BCUT2D eigenvalue weighted by molar-refractivity contribution is 6.38. The number of aromatic nitrogens is 2. The lowest BCUT2D eigenvalue weighted by Crippen LogP contribution is -2.13. The van der Waals surface area contributed by atoms with Crippen LogP contribution in [0.15, 0.2) is 30.6 Å². The zero-order chi connectivity index (χ0) is 13.1. The van der Waals surface area contributed by atoms with Gasteiger partial charge in [-0.2, -0.15) is 0 Å². The molecule has 0 aliphatic heterocycles. The van der Waals surface area contributed by atoms with Gasteiger partial charge in [-0.3, -0.25) is 4.79 Å². The third kappa shape index (κ3) is 2.78. The van der Waals surface area contributed by atoms with Crippen LogP contribution >= 0.6 is 23.2 Å². The van der Waals surface area contributed by atoms with E-state index in [1.807, 2.05) is 13.0 Å². The molecule has 1 aromatic carbocycles. The molecule has 0 atom stereocenters. The predicted molar refractivity (Wildman–Crippen MR) is 71.2 cm³/mol. The minimum atomic E-state index is -0.308. The molecule has 0 aliphatic carbocycles. The summed E-state index contributed by atoms with van der Waals surface area (Å²) >= 11 is 11.7. The van der Waals surface area contributed by atoms with Crippen molar-refractivity contribution in [1.82, 2.24) is 9.97 Å². The first-order valence-corrected chi connectivity index (χ1v) is 5.87. The van der Waals surface area contributed by atoms with Gasteiger partial charge in [-0.25, -0.2) is 9.97 Å². The molecule has 2 rings (SSSR count). The largest absolute Gasteiger partial charge is 0.317 e. The summed E-state index contributed by atoms with van der Waals surface area (Å²) in [6.45, 7) is 1.91. The summed E-state index contributed by atoms with van der Waals surface area (Å²) in [5.41, 5.74) is 1.72. The van der Waals surface area contributed by atoms with Crippen molar-refractivity contribution in [3.63, 3.8) is 0 Å². The molecular weight excluding hydrogens is 273 g/mol. The van der Waals surface area contributed by atoms with Gasteiger partial charge >= 0.3 is 0 Å². The van der Waals surface area contributed by atoms with Crippen molar-refractivity contribution < 1.29 is 4.79 Å². The van der Waals surface area contributed by atoms with Crippen LogP contribution in [0.2, 0.25) is 10.3 Å². The van der Waals surface area contributed by atoms with Crippen molar-refractivity contribution in [3.05, 3.63) is 52.0 Å². The first-order valence-electron chi connectivity index (χ1n) is 5.12. The molecule has 0 saturated carbocycles. The molecular formula is C12H9Cl2N3O. The number of hydrogen-bond donors (Lipinski definition) is 1. The first-order chi connectivity index (χ1) is 8.58. The van der Waals surface area contributed by atoms with Crippen LogP contribution in [0.3, 0.4) is 0 Å². The van der Waals surface area contributed by atoms with Crippen LogP contribution in [-0.4, -0.2) is 15.9 Å². The second-order valence-corrected chi connectivity index (χ2v) is 4.37. The average Bonchev–Trinajstić information content (AvgIpc) is 2.34. The molecule has 0 saturated heterocycles. The van der Waals surface area contributed by atoms with E-state index in [1.54, 1.807) is 18.2 Å². The van der Waals surface area contributed by atoms with Crippen molar-refractivity contribution >= 4 is 34.8 Å². The molecule has 92 valence electrons. The molecule has 6 heteroatoms. The van der Waals surface area contributed by atoms with Gasteiger partial charge in [0.25, 0.3) is 5.91 Å². The van der Waals surface area contributed by atoms with Crippen molar-refractivity contribution in [1.29, 1.82) is 0 Å². The molecule has 0 bridgehead atoms. The molecule has 1 heterocycles. The number of nitrogens with zero attached hydrogens (tertiary/aromatic N) is 2. The van der Waals surface area contributed by atoms with E-state index in [4.69, 9.17) is 23.2 Å². The van der Waals surface area contributed by atoms with E-state index in [0.29, 0.717) is 5.56 Å². The number of carbonyl (C=O) groups excluding carboxylic acids is 1. The predicted octanol–water partition coefficient (Wildman–Crippen LogP) is 3.34. The van der Waals surface area contributed by atoms with E-state index in [1.165, 1.54) is 6.33 Å². The van der Waals surface area contributed by atoms with Crippen molar-refractivity contribution in [2.75, 3.05) is 5.32 Å². The van der Waals surface area contributed by atoms with Gasteiger partial charge in [0, 0.05) is 5.56 Å². The number of aryl methyl sites for hydroxylation is 1. The Morgan fingerprint density at radius 1 is 1.22 bits per heavy atom. The Morgan fingerprint density at radius 3 is 2.50 bits per heavy atom. The summed E-state index contributed by atoms with van der Waals surface area (Å²) in [7, 11) is 0. The van der Waals surface area contributed by atoms with Crippen LogP contribution in [0.5, 0.6) is 0 Å². The monoisotopic (exact) mass is 281 g/mol. The van der Waals surface area contributed by atoms with Crippen LogP contribution in [0.25, 0.3) is 0 Å². The van der Waals surface area contributed by atoms with Gasteiger partial charge in [0.2, 0.25) is 0 Å². The minimum Gasteiger partial charge on any atom is -0.317 e. The molecule has 0 radical (unpaired) electrons. The molecule has 4 nitrogen and oxygen atoms in total. The van der Waals surface area contributed by atoms with Gasteiger partial charge in [0.1, 0.15) is 12.0 Å². The molecule has 0 unspecified atom stereocenters. The Labute approximate surface area is 114 Å². The van der Waals surface area contributed by atoms with E-state index >= 15 is 0 Å². The third-order valence-electron chi connectivity index (χ3n) is 2.27.